The van der Waals surface area contributed by atoms with Crippen molar-refractivity contribution in [3.63, 3.8) is 0 Å². The first-order chi connectivity index (χ1) is 8.29. The number of pyridine rings is 1. The summed E-state index contributed by atoms with van der Waals surface area (Å²) in [4.78, 5) is 6.72. The minimum atomic E-state index is 0.529. The van der Waals surface area contributed by atoms with Crippen molar-refractivity contribution in [2.45, 2.75) is 51.2 Å². The zero-order valence-electron chi connectivity index (χ0n) is 10.7. The second-order valence-electron chi connectivity index (χ2n) is 5.07. The number of hydrogen-bond acceptors (Lipinski definition) is 3. The second kappa shape index (κ2) is 6.12. The molecule has 1 aliphatic rings. The molecule has 0 amide bonds. The molecule has 1 aromatic heterocycles. The second-order valence-corrected chi connectivity index (χ2v) is 5.07. The Morgan fingerprint density at radius 2 is 2.12 bits per heavy atom. The van der Waals surface area contributed by atoms with E-state index in [9.17, 15) is 0 Å². The van der Waals surface area contributed by atoms with Gasteiger partial charge in [0.25, 0.3) is 0 Å². The topological polar surface area (TPSA) is 42.2 Å². The van der Waals surface area contributed by atoms with E-state index in [1.165, 1.54) is 37.7 Å². The third-order valence-electron chi connectivity index (χ3n) is 3.72. The molecule has 0 radical (unpaired) electrons. The molecule has 0 atom stereocenters. The van der Waals surface area contributed by atoms with Crippen LogP contribution in [0.1, 0.15) is 43.4 Å². The van der Waals surface area contributed by atoms with Crippen LogP contribution in [-0.2, 0) is 13.1 Å². The van der Waals surface area contributed by atoms with Crippen molar-refractivity contribution < 1.29 is 0 Å². The molecular weight excluding hydrogens is 210 g/mol. The Balaban J connectivity index is 1.94. The standard InChI is InChI=1S/C14H23N3/c1-17(14-5-3-2-4-6-14)11-12-7-8-16-13(9-12)10-15/h7-9,14H,2-6,10-11,15H2,1H3. The molecule has 3 heteroatoms. The van der Waals surface area contributed by atoms with Crippen LogP contribution in [0.15, 0.2) is 18.3 Å². The third kappa shape index (κ3) is 3.51. The Hall–Kier alpha value is -0.930. The van der Waals surface area contributed by atoms with Crippen molar-refractivity contribution >= 4 is 0 Å². The molecule has 0 aromatic carbocycles. The van der Waals surface area contributed by atoms with Crippen LogP contribution in [0.3, 0.4) is 0 Å². The fraction of sp³-hybridized carbons (Fsp3) is 0.643. The molecule has 0 aliphatic heterocycles. The highest BCUT2D eigenvalue weighted by atomic mass is 15.1. The van der Waals surface area contributed by atoms with E-state index >= 15 is 0 Å². The van der Waals surface area contributed by atoms with Gasteiger partial charge in [-0.25, -0.2) is 0 Å². The minimum Gasteiger partial charge on any atom is -0.325 e. The van der Waals surface area contributed by atoms with Gasteiger partial charge in [0.15, 0.2) is 0 Å². The van der Waals surface area contributed by atoms with Gasteiger partial charge in [-0.2, -0.15) is 0 Å². The average Bonchev–Trinajstić information content (AvgIpc) is 2.40. The lowest BCUT2D eigenvalue weighted by atomic mass is 9.94. The molecule has 1 saturated carbocycles. The highest BCUT2D eigenvalue weighted by Crippen LogP contribution is 2.22. The van der Waals surface area contributed by atoms with Crippen LogP contribution in [-0.4, -0.2) is 23.0 Å². The largest absolute Gasteiger partial charge is 0.325 e. The highest BCUT2D eigenvalue weighted by molar-refractivity contribution is 5.16. The lowest BCUT2D eigenvalue weighted by Crippen LogP contribution is -2.32. The van der Waals surface area contributed by atoms with Gasteiger partial charge in [0.1, 0.15) is 0 Å². The zero-order valence-corrected chi connectivity index (χ0v) is 10.7. The van der Waals surface area contributed by atoms with Crippen LogP contribution in [0, 0.1) is 0 Å². The smallest absolute Gasteiger partial charge is 0.0542 e. The number of rotatable bonds is 4. The SMILES string of the molecule is CN(Cc1ccnc(CN)c1)C1CCCCC1. The summed E-state index contributed by atoms with van der Waals surface area (Å²) in [6.07, 6.45) is 8.76. The van der Waals surface area contributed by atoms with Crippen LogP contribution >= 0.6 is 0 Å². The summed E-state index contributed by atoms with van der Waals surface area (Å²) in [5.74, 6) is 0. The van der Waals surface area contributed by atoms with E-state index in [1.54, 1.807) is 0 Å². The van der Waals surface area contributed by atoms with Gasteiger partial charge in [-0.05, 0) is 37.6 Å². The predicted octanol–water partition coefficient (Wildman–Crippen LogP) is 2.30. The van der Waals surface area contributed by atoms with Gasteiger partial charge in [-0.1, -0.05) is 19.3 Å². The quantitative estimate of drug-likeness (QED) is 0.867. The maximum atomic E-state index is 5.62. The minimum absolute atomic E-state index is 0.529. The van der Waals surface area contributed by atoms with Crippen LogP contribution in [0.4, 0.5) is 0 Å². The first-order valence-corrected chi connectivity index (χ1v) is 6.63. The number of nitrogens with zero attached hydrogens (tertiary/aromatic N) is 2. The van der Waals surface area contributed by atoms with Gasteiger partial charge >= 0.3 is 0 Å². The monoisotopic (exact) mass is 233 g/mol. The summed E-state index contributed by atoms with van der Waals surface area (Å²) < 4.78 is 0. The van der Waals surface area contributed by atoms with Crippen LogP contribution in [0.2, 0.25) is 0 Å². The van der Waals surface area contributed by atoms with Crippen LogP contribution < -0.4 is 5.73 Å². The molecule has 1 heterocycles. The third-order valence-corrected chi connectivity index (χ3v) is 3.72. The van der Waals surface area contributed by atoms with Gasteiger partial charge in [0, 0.05) is 25.3 Å². The van der Waals surface area contributed by atoms with Gasteiger partial charge in [0.05, 0.1) is 5.69 Å². The first-order valence-electron chi connectivity index (χ1n) is 6.63. The van der Waals surface area contributed by atoms with Crippen molar-refractivity contribution in [1.82, 2.24) is 9.88 Å². The summed E-state index contributed by atoms with van der Waals surface area (Å²) in [5.41, 5.74) is 7.93. The molecule has 0 saturated heterocycles. The van der Waals surface area contributed by atoms with E-state index in [4.69, 9.17) is 5.73 Å². The van der Waals surface area contributed by atoms with Gasteiger partial charge < -0.3 is 5.73 Å². The van der Waals surface area contributed by atoms with Crippen molar-refractivity contribution in [3.8, 4) is 0 Å². The Bertz CT molecular complexity index is 345. The lowest BCUT2D eigenvalue weighted by molar-refractivity contribution is 0.184. The molecule has 1 aromatic rings. The number of hydrogen-bond donors (Lipinski definition) is 1. The molecule has 2 rings (SSSR count). The molecule has 1 aliphatic carbocycles. The van der Waals surface area contributed by atoms with Crippen molar-refractivity contribution in [3.05, 3.63) is 29.6 Å². The van der Waals surface area contributed by atoms with E-state index in [2.05, 4.69) is 29.1 Å². The van der Waals surface area contributed by atoms with Crippen molar-refractivity contribution in [2.75, 3.05) is 7.05 Å². The van der Waals surface area contributed by atoms with Gasteiger partial charge in [-0.15, -0.1) is 0 Å². The van der Waals surface area contributed by atoms with Crippen molar-refractivity contribution in [2.24, 2.45) is 5.73 Å². The Morgan fingerprint density at radius 1 is 1.35 bits per heavy atom. The predicted molar refractivity (Wildman–Crippen MR) is 70.5 cm³/mol. The molecule has 17 heavy (non-hydrogen) atoms. The van der Waals surface area contributed by atoms with Crippen LogP contribution in [0.25, 0.3) is 0 Å². The summed E-state index contributed by atoms with van der Waals surface area (Å²) in [5, 5.41) is 0. The highest BCUT2D eigenvalue weighted by Gasteiger charge is 2.17. The van der Waals surface area contributed by atoms with Crippen molar-refractivity contribution in [1.29, 1.82) is 0 Å². The first kappa shape index (κ1) is 12.5. The molecule has 0 bridgehead atoms. The maximum Gasteiger partial charge on any atom is 0.0542 e. The number of aromatic nitrogens is 1. The Morgan fingerprint density at radius 3 is 2.82 bits per heavy atom. The summed E-state index contributed by atoms with van der Waals surface area (Å²) in [7, 11) is 2.23. The fourth-order valence-electron chi connectivity index (χ4n) is 2.68. The maximum absolute atomic E-state index is 5.62. The molecule has 94 valence electrons. The summed E-state index contributed by atoms with van der Waals surface area (Å²) in [6.45, 7) is 1.54. The summed E-state index contributed by atoms with van der Waals surface area (Å²) in [6, 6.07) is 4.98. The summed E-state index contributed by atoms with van der Waals surface area (Å²) >= 11 is 0. The molecule has 3 nitrogen and oxygen atoms in total. The molecule has 0 unspecified atom stereocenters. The van der Waals surface area contributed by atoms with E-state index in [-0.39, 0.29) is 0 Å². The Kier molecular flexibility index (Phi) is 4.51. The zero-order chi connectivity index (χ0) is 12.1. The molecular formula is C14H23N3. The molecule has 1 fully saturated rings. The van der Waals surface area contributed by atoms with E-state index < -0.39 is 0 Å². The van der Waals surface area contributed by atoms with Crippen LogP contribution in [0.5, 0.6) is 0 Å². The van der Waals surface area contributed by atoms with Gasteiger partial charge in [0.2, 0.25) is 0 Å². The van der Waals surface area contributed by atoms with E-state index in [0.29, 0.717) is 6.54 Å². The van der Waals surface area contributed by atoms with Gasteiger partial charge in [-0.3, -0.25) is 9.88 Å². The van der Waals surface area contributed by atoms with E-state index in [0.717, 1.165) is 18.3 Å². The normalized spacial score (nSPS) is 17.6. The molecule has 0 spiro atoms. The lowest BCUT2D eigenvalue weighted by Gasteiger charge is -2.31. The Labute approximate surface area is 104 Å². The fourth-order valence-corrected chi connectivity index (χ4v) is 2.68. The number of nitrogens with two attached hydrogens (primary N) is 1. The van der Waals surface area contributed by atoms with E-state index in [1.807, 2.05) is 6.20 Å². The average molecular weight is 233 g/mol. The molecule has 2 N–H and O–H groups in total.